The second-order valence-corrected chi connectivity index (χ2v) is 7.71. The molecule has 3 rings (SSSR count). The van der Waals surface area contributed by atoms with Crippen molar-refractivity contribution in [2.24, 2.45) is 11.3 Å². The average Bonchev–Trinajstić information content (AvgIpc) is 2.37. The predicted molar refractivity (Wildman–Crippen MR) is 76.3 cm³/mol. The van der Waals surface area contributed by atoms with Crippen LogP contribution in [0.4, 0.5) is 4.39 Å². The van der Waals surface area contributed by atoms with Gasteiger partial charge in [-0.3, -0.25) is 5.84 Å². The molecule has 1 spiro atoms. The van der Waals surface area contributed by atoms with Gasteiger partial charge in [0, 0.05) is 12.1 Å². The summed E-state index contributed by atoms with van der Waals surface area (Å²) < 4.78 is 13.9. The first-order valence-electron chi connectivity index (χ1n) is 8.22. The third-order valence-electron chi connectivity index (χ3n) is 6.11. The topological polar surface area (TPSA) is 29.3 Å². The molecule has 0 aromatic heterocycles. The molecule has 0 unspecified atom stereocenters. The summed E-state index contributed by atoms with van der Waals surface area (Å²) in [5.74, 6) is 6.36. The van der Waals surface area contributed by atoms with Crippen molar-refractivity contribution in [2.75, 3.05) is 0 Å². The number of halogens is 1. The molecular formula is C16H29FN2. The van der Waals surface area contributed by atoms with E-state index in [-0.39, 0.29) is 0 Å². The highest BCUT2D eigenvalue weighted by molar-refractivity contribution is 5.03. The van der Waals surface area contributed by atoms with E-state index in [0.29, 0.717) is 17.5 Å². The minimum absolute atomic E-state index is 0.447. The van der Waals surface area contributed by atoms with Crippen molar-refractivity contribution in [3.05, 3.63) is 0 Å². The Kier molecular flexibility index (Phi) is 3.63. The molecule has 2 N–H and O–H groups in total. The molecule has 0 radical (unpaired) electrons. The van der Waals surface area contributed by atoms with Crippen LogP contribution >= 0.6 is 0 Å². The fourth-order valence-electron chi connectivity index (χ4n) is 4.54. The maximum absolute atomic E-state index is 13.9. The first-order valence-corrected chi connectivity index (χ1v) is 8.22. The molecule has 3 fully saturated rings. The Morgan fingerprint density at radius 1 is 0.947 bits per heavy atom. The molecule has 3 aliphatic rings. The zero-order valence-electron chi connectivity index (χ0n) is 12.3. The highest BCUT2D eigenvalue weighted by atomic mass is 19.1. The largest absolute Gasteiger partial charge is 0.268 e. The van der Waals surface area contributed by atoms with E-state index in [2.05, 4.69) is 5.01 Å². The zero-order chi connectivity index (χ0) is 13.5. The van der Waals surface area contributed by atoms with Gasteiger partial charge in [-0.2, -0.15) is 0 Å². The van der Waals surface area contributed by atoms with Gasteiger partial charge in [0.15, 0.2) is 0 Å². The molecule has 3 saturated carbocycles. The summed E-state index contributed by atoms with van der Waals surface area (Å²) in [6, 6.07) is 1.19. The highest BCUT2D eigenvalue weighted by Crippen LogP contribution is 2.55. The summed E-state index contributed by atoms with van der Waals surface area (Å²) in [4.78, 5) is 0. The number of nitrogens with two attached hydrogens (primary N) is 1. The van der Waals surface area contributed by atoms with Gasteiger partial charge in [0.1, 0.15) is 5.67 Å². The highest BCUT2D eigenvalue weighted by Gasteiger charge is 2.50. The molecule has 2 nitrogen and oxygen atoms in total. The summed E-state index contributed by atoms with van der Waals surface area (Å²) in [6.07, 6.45) is 12.7. The van der Waals surface area contributed by atoms with E-state index in [0.717, 1.165) is 25.7 Å². The van der Waals surface area contributed by atoms with Crippen LogP contribution in [-0.4, -0.2) is 22.8 Å². The first kappa shape index (κ1) is 13.8. The van der Waals surface area contributed by atoms with Crippen molar-refractivity contribution in [1.82, 2.24) is 5.01 Å². The van der Waals surface area contributed by atoms with Gasteiger partial charge in [0.05, 0.1) is 0 Å². The van der Waals surface area contributed by atoms with Gasteiger partial charge in [-0.15, -0.1) is 0 Å². The second-order valence-electron chi connectivity index (χ2n) is 7.71. The van der Waals surface area contributed by atoms with E-state index in [4.69, 9.17) is 5.84 Å². The quantitative estimate of drug-likeness (QED) is 0.607. The van der Waals surface area contributed by atoms with E-state index in [1.807, 2.05) is 0 Å². The van der Waals surface area contributed by atoms with Crippen LogP contribution in [0.1, 0.15) is 77.6 Å². The van der Waals surface area contributed by atoms with E-state index in [1.54, 1.807) is 6.92 Å². The third-order valence-corrected chi connectivity index (χ3v) is 6.11. The average molecular weight is 268 g/mol. The molecule has 0 aromatic carbocycles. The van der Waals surface area contributed by atoms with Crippen molar-refractivity contribution < 1.29 is 4.39 Å². The summed E-state index contributed by atoms with van der Waals surface area (Å²) in [5.41, 5.74) is -0.454. The van der Waals surface area contributed by atoms with Crippen molar-refractivity contribution in [3.63, 3.8) is 0 Å². The summed E-state index contributed by atoms with van der Waals surface area (Å²) in [5, 5.41) is 2.17. The normalized spacial score (nSPS) is 44.5. The van der Waals surface area contributed by atoms with Crippen LogP contribution in [0.3, 0.4) is 0 Å². The van der Waals surface area contributed by atoms with E-state index < -0.39 is 5.67 Å². The number of hydrogen-bond acceptors (Lipinski definition) is 2. The van der Waals surface area contributed by atoms with Gasteiger partial charge in [-0.25, -0.2) is 9.40 Å². The first-order chi connectivity index (χ1) is 9.00. The lowest BCUT2D eigenvalue weighted by atomic mass is 9.56. The lowest BCUT2D eigenvalue weighted by molar-refractivity contribution is -0.0730. The smallest absolute Gasteiger partial charge is 0.108 e. The zero-order valence-corrected chi connectivity index (χ0v) is 12.3. The van der Waals surface area contributed by atoms with Gasteiger partial charge in [-0.05, 0) is 63.7 Å². The number of nitrogens with zero attached hydrogens (tertiary/aromatic N) is 1. The Bertz CT molecular complexity index is 305. The SMILES string of the molecule is CC1(F)CCC2(CC1)CC(N(N)C1CCCCC1)C2. The molecular weight excluding hydrogens is 239 g/mol. The lowest BCUT2D eigenvalue weighted by Crippen LogP contribution is -2.58. The molecule has 0 heterocycles. The van der Waals surface area contributed by atoms with Crippen LogP contribution in [-0.2, 0) is 0 Å². The summed E-state index contributed by atoms with van der Waals surface area (Å²) >= 11 is 0. The number of hydrogen-bond donors (Lipinski definition) is 1. The predicted octanol–water partition coefficient (Wildman–Crippen LogP) is 3.95. The summed E-state index contributed by atoms with van der Waals surface area (Å²) in [7, 11) is 0. The number of alkyl halides is 1. The molecule has 0 aliphatic heterocycles. The van der Waals surface area contributed by atoms with Crippen molar-refractivity contribution in [1.29, 1.82) is 0 Å². The molecule has 0 aromatic rings. The van der Waals surface area contributed by atoms with E-state index >= 15 is 0 Å². The molecule has 110 valence electrons. The molecule has 0 atom stereocenters. The minimum Gasteiger partial charge on any atom is -0.268 e. The van der Waals surface area contributed by atoms with Crippen LogP contribution in [0, 0.1) is 5.41 Å². The standard InChI is InChI=1S/C16H29FN2/c1-15(17)7-9-16(10-8-15)11-14(12-16)19(18)13-5-3-2-4-6-13/h13-14H,2-12,18H2,1H3. The van der Waals surface area contributed by atoms with Gasteiger partial charge < -0.3 is 0 Å². The number of rotatable bonds is 2. The van der Waals surface area contributed by atoms with Gasteiger partial charge in [0.2, 0.25) is 0 Å². The molecule has 0 bridgehead atoms. The molecule has 0 amide bonds. The van der Waals surface area contributed by atoms with Gasteiger partial charge in [0.25, 0.3) is 0 Å². The van der Waals surface area contributed by atoms with Crippen LogP contribution in [0.5, 0.6) is 0 Å². The van der Waals surface area contributed by atoms with Crippen LogP contribution in [0.25, 0.3) is 0 Å². The Morgan fingerprint density at radius 2 is 1.53 bits per heavy atom. The fourth-order valence-corrected chi connectivity index (χ4v) is 4.54. The minimum atomic E-state index is -0.901. The number of hydrazine groups is 1. The fraction of sp³-hybridized carbons (Fsp3) is 1.00. The van der Waals surface area contributed by atoms with Crippen molar-refractivity contribution in [2.45, 2.75) is 95.3 Å². The van der Waals surface area contributed by atoms with E-state index in [9.17, 15) is 4.39 Å². The van der Waals surface area contributed by atoms with Crippen molar-refractivity contribution >= 4 is 0 Å². The maximum Gasteiger partial charge on any atom is 0.108 e. The third kappa shape index (κ3) is 2.82. The second kappa shape index (κ2) is 5.00. The lowest BCUT2D eigenvalue weighted by Gasteiger charge is -2.55. The van der Waals surface area contributed by atoms with Crippen molar-refractivity contribution in [3.8, 4) is 0 Å². The van der Waals surface area contributed by atoms with E-state index in [1.165, 1.54) is 44.9 Å². The van der Waals surface area contributed by atoms with Gasteiger partial charge in [-0.1, -0.05) is 19.3 Å². The molecule has 3 aliphatic carbocycles. The molecule has 3 heteroatoms. The monoisotopic (exact) mass is 268 g/mol. The Balaban J connectivity index is 1.49. The molecule has 19 heavy (non-hydrogen) atoms. The Hall–Kier alpha value is -0.150. The van der Waals surface area contributed by atoms with Gasteiger partial charge >= 0.3 is 0 Å². The Labute approximate surface area is 116 Å². The van der Waals surface area contributed by atoms with Crippen LogP contribution in [0.15, 0.2) is 0 Å². The summed E-state index contributed by atoms with van der Waals surface area (Å²) in [6.45, 7) is 1.77. The van der Waals surface area contributed by atoms with Crippen LogP contribution < -0.4 is 5.84 Å². The Morgan fingerprint density at radius 3 is 2.11 bits per heavy atom. The molecule has 0 saturated heterocycles. The van der Waals surface area contributed by atoms with Crippen LogP contribution in [0.2, 0.25) is 0 Å². The maximum atomic E-state index is 13.9.